The van der Waals surface area contributed by atoms with Crippen molar-refractivity contribution in [2.45, 2.75) is 33.4 Å². The molecule has 1 atom stereocenters. The van der Waals surface area contributed by atoms with Gasteiger partial charge in [0.05, 0.1) is 28.5 Å². The fraction of sp³-hybridized carbons (Fsp3) is 0.182. The molecule has 0 N–H and O–H groups in total. The van der Waals surface area contributed by atoms with Gasteiger partial charge in [0, 0.05) is 29.2 Å². The van der Waals surface area contributed by atoms with Crippen LogP contribution in [0.4, 0.5) is 0 Å². The number of thiazole rings is 1. The maximum Gasteiger partial charge on any atom is 0.338 e. The number of allylic oxidation sites excluding steroid dienone is 1. The van der Waals surface area contributed by atoms with Gasteiger partial charge in [-0.3, -0.25) is 9.36 Å². The van der Waals surface area contributed by atoms with Crippen molar-refractivity contribution in [3.05, 3.63) is 138 Å². The molecule has 5 aromatic rings. The molecule has 0 aliphatic carbocycles. The molecule has 6 nitrogen and oxygen atoms in total. The van der Waals surface area contributed by atoms with Gasteiger partial charge < -0.3 is 9.30 Å². The zero-order valence-corrected chi connectivity index (χ0v) is 23.4. The molecular weight excluding hydrogens is 518 g/mol. The maximum atomic E-state index is 14.0. The van der Waals surface area contributed by atoms with E-state index in [2.05, 4.69) is 54.1 Å². The topological polar surface area (TPSA) is 65.6 Å². The molecule has 0 saturated carbocycles. The molecule has 0 radical (unpaired) electrons. The summed E-state index contributed by atoms with van der Waals surface area (Å²) in [7, 11) is 0. The van der Waals surface area contributed by atoms with E-state index in [-0.39, 0.29) is 12.2 Å². The Hall–Kier alpha value is -4.49. The number of benzene rings is 3. The molecule has 1 unspecified atom stereocenters. The van der Waals surface area contributed by atoms with Gasteiger partial charge in [0.25, 0.3) is 5.56 Å². The standard InChI is InChI=1S/C33H29N3O3S/c1-4-39-32(38)29-22(3)34-33-36(30(29)24-13-6-5-7-14-24)31(37)28(40-33)18-25-20-35(27-16-9-8-15-26(25)27)19-23-12-10-11-21(2)17-23/h5-18,20,30H,4,19H2,1-3H3. The Morgan fingerprint density at radius 2 is 1.80 bits per heavy atom. The molecule has 2 aromatic heterocycles. The number of hydrogen-bond donors (Lipinski definition) is 0. The van der Waals surface area contributed by atoms with Crippen molar-refractivity contribution in [3.8, 4) is 0 Å². The Morgan fingerprint density at radius 1 is 1.02 bits per heavy atom. The SMILES string of the molecule is CCOC(=O)C1=C(C)N=c2sc(=Cc3cn(Cc4cccc(C)c4)c4ccccc34)c(=O)n2C1c1ccccc1. The van der Waals surface area contributed by atoms with E-state index in [1.807, 2.05) is 48.5 Å². The molecule has 6 rings (SSSR count). The molecule has 0 saturated heterocycles. The van der Waals surface area contributed by atoms with Crippen molar-refractivity contribution >= 4 is 34.3 Å². The van der Waals surface area contributed by atoms with Gasteiger partial charge in [-0.05, 0) is 44.0 Å². The number of nitrogens with zero attached hydrogens (tertiary/aromatic N) is 3. The van der Waals surface area contributed by atoms with E-state index in [4.69, 9.17) is 9.73 Å². The van der Waals surface area contributed by atoms with Gasteiger partial charge in [-0.15, -0.1) is 0 Å². The number of esters is 1. The molecule has 200 valence electrons. The van der Waals surface area contributed by atoms with Gasteiger partial charge in [-0.2, -0.15) is 0 Å². The Balaban J connectivity index is 1.51. The summed E-state index contributed by atoms with van der Waals surface area (Å²) < 4.78 is 9.82. The van der Waals surface area contributed by atoms with Crippen molar-refractivity contribution in [2.24, 2.45) is 4.99 Å². The van der Waals surface area contributed by atoms with Crippen LogP contribution in [0.3, 0.4) is 0 Å². The molecule has 0 fully saturated rings. The predicted octanol–water partition coefficient (Wildman–Crippen LogP) is 5.11. The number of hydrogen-bond acceptors (Lipinski definition) is 5. The summed E-state index contributed by atoms with van der Waals surface area (Å²) in [6.45, 7) is 6.65. The Morgan fingerprint density at radius 3 is 2.58 bits per heavy atom. The van der Waals surface area contributed by atoms with Crippen LogP contribution in [-0.4, -0.2) is 21.7 Å². The highest BCUT2D eigenvalue weighted by molar-refractivity contribution is 7.07. The number of carbonyl (C=O) groups excluding carboxylic acids is 1. The molecule has 40 heavy (non-hydrogen) atoms. The summed E-state index contributed by atoms with van der Waals surface area (Å²) in [6, 6.07) is 25.7. The third kappa shape index (κ3) is 4.62. The van der Waals surface area contributed by atoms with Crippen LogP contribution in [0, 0.1) is 6.92 Å². The lowest BCUT2D eigenvalue weighted by molar-refractivity contribution is -0.139. The van der Waals surface area contributed by atoms with Gasteiger partial charge in [0.2, 0.25) is 0 Å². The number of ether oxygens (including phenoxy) is 1. The van der Waals surface area contributed by atoms with E-state index in [0.717, 1.165) is 28.6 Å². The summed E-state index contributed by atoms with van der Waals surface area (Å²) >= 11 is 1.34. The van der Waals surface area contributed by atoms with E-state index < -0.39 is 12.0 Å². The van der Waals surface area contributed by atoms with Crippen molar-refractivity contribution in [1.82, 2.24) is 9.13 Å². The average molecular weight is 548 g/mol. The van der Waals surface area contributed by atoms with Crippen LogP contribution in [-0.2, 0) is 16.1 Å². The second-order valence-electron chi connectivity index (χ2n) is 9.93. The normalized spacial score (nSPS) is 15.3. The first-order chi connectivity index (χ1) is 19.4. The third-order valence-corrected chi connectivity index (χ3v) is 8.16. The molecule has 1 aliphatic heterocycles. The predicted molar refractivity (Wildman–Crippen MR) is 159 cm³/mol. The highest BCUT2D eigenvalue weighted by Gasteiger charge is 2.33. The molecule has 0 amide bonds. The third-order valence-electron chi connectivity index (χ3n) is 7.17. The largest absolute Gasteiger partial charge is 0.463 e. The van der Waals surface area contributed by atoms with Crippen LogP contribution in [0.15, 0.2) is 106 Å². The second-order valence-corrected chi connectivity index (χ2v) is 10.9. The average Bonchev–Trinajstić information content (AvgIpc) is 3.45. The van der Waals surface area contributed by atoms with Crippen LogP contribution in [0.5, 0.6) is 0 Å². The summed E-state index contributed by atoms with van der Waals surface area (Å²) in [5, 5.41) is 1.07. The lowest BCUT2D eigenvalue weighted by atomic mass is 9.96. The Kier molecular flexibility index (Phi) is 6.82. The van der Waals surface area contributed by atoms with Crippen molar-refractivity contribution < 1.29 is 9.53 Å². The summed E-state index contributed by atoms with van der Waals surface area (Å²) in [6.07, 6.45) is 4.06. The molecule has 3 heterocycles. The van der Waals surface area contributed by atoms with Gasteiger partial charge in [0.1, 0.15) is 0 Å². The molecular formula is C33H29N3O3S. The molecule has 0 spiro atoms. The van der Waals surface area contributed by atoms with Crippen molar-refractivity contribution in [2.75, 3.05) is 6.61 Å². The molecule has 7 heteroatoms. The molecule has 1 aliphatic rings. The van der Waals surface area contributed by atoms with E-state index in [0.29, 0.717) is 20.6 Å². The fourth-order valence-corrected chi connectivity index (χ4v) is 6.45. The zero-order chi connectivity index (χ0) is 27.8. The minimum absolute atomic E-state index is 0.178. The van der Waals surface area contributed by atoms with Crippen LogP contribution in [0.1, 0.15) is 42.1 Å². The van der Waals surface area contributed by atoms with E-state index in [1.165, 1.54) is 22.5 Å². The number of carbonyl (C=O) groups is 1. The van der Waals surface area contributed by atoms with Gasteiger partial charge in [-0.1, -0.05) is 89.7 Å². The van der Waals surface area contributed by atoms with E-state index >= 15 is 0 Å². The number of aryl methyl sites for hydroxylation is 1. The Labute approximate surface area is 235 Å². The number of rotatable bonds is 6. The monoisotopic (exact) mass is 547 g/mol. The quantitative estimate of drug-likeness (QED) is 0.278. The van der Waals surface area contributed by atoms with Crippen LogP contribution < -0.4 is 14.9 Å². The first-order valence-electron chi connectivity index (χ1n) is 13.3. The molecule has 3 aromatic carbocycles. The fourth-order valence-electron chi connectivity index (χ4n) is 5.41. The van der Waals surface area contributed by atoms with Crippen LogP contribution in [0.2, 0.25) is 0 Å². The van der Waals surface area contributed by atoms with Crippen molar-refractivity contribution in [3.63, 3.8) is 0 Å². The summed E-state index contributed by atoms with van der Waals surface area (Å²) in [5.74, 6) is -0.453. The summed E-state index contributed by atoms with van der Waals surface area (Å²) in [4.78, 5) is 32.3. The lowest BCUT2D eigenvalue weighted by Crippen LogP contribution is -2.39. The van der Waals surface area contributed by atoms with Crippen LogP contribution in [0.25, 0.3) is 17.0 Å². The second kappa shape index (κ2) is 10.6. The summed E-state index contributed by atoms with van der Waals surface area (Å²) in [5.41, 5.74) is 6.12. The minimum atomic E-state index is -0.610. The maximum absolute atomic E-state index is 14.0. The Bertz CT molecular complexity index is 1960. The van der Waals surface area contributed by atoms with E-state index in [1.54, 1.807) is 18.4 Å². The highest BCUT2D eigenvalue weighted by atomic mass is 32.1. The smallest absolute Gasteiger partial charge is 0.338 e. The lowest BCUT2D eigenvalue weighted by Gasteiger charge is -2.24. The van der Waals surface area contributed by atoms with Crippen molar-refractivity contribution in [1.29, 1.82) is 0 Å². The first kappa shape index (κ1) is 25.8. The minimum Gasteiger partial charge on any atom is -0.463 e. The number of aromatic nitrogens is 2. The van der Waals surface area contributed by atoms with E-state index in [9.17, 15) is 9.59 Å². The zero-order valence-electron chi connectivity index (χ0n) is 22.6. The van der Waals surface area contributed by atoms with Gasteiger partial charge in [-0.25, -0.2) is 9.79 Å². The van der Waals surface area contributed by atoms with Gasteiger partial charge in [0.15, 0.2) is 4.80 Å². The van der Waals surface area contributed by atoms with Gasteiger partial charge >= 0.3 is 5.97 Å². The number of para-hydroxylation sites is 1. The number of fused-ring (bicyclic) bond motifs is 2. The molecule has 0 bridgehead atoms. The highest BCUT2D eigenvalue weighted by Crippen LogP contribution is 2.30. The first-order valence-corrected chi connectivity index (χ1v) is 14.1. The van der Waals surface area contributed by atoms with Crippen LogP contribution >= 0.6 is 11.3 Å².